The molecule has 0 bridgehead atoms. The van der Waals surface area contributed by atoms with Crippen molar-refractivity contribution in [2.45, 2.75) is 57.3 Å². The van der Waals surface area contributed by atoms with Gasteiger partial charge >= 0.3 is 0 Å². The maximum atomic E-state index is 12.1. The molecule has 3 rings (SSSR count). The van der Waals surface area contributed by atoms with E-state index >= 15 is 0 Å². The molecule has 2 aliphatic heterocycles. The van der Waals surface area contributed by atoms with Crippen molar-refractivity contribution >= 4 is 5.91 Å². The van der Waals surface area contributed by atoms with Crippen LogP contribution in [0.4, 0.5) is 0 Å². The summed E-state index contributed by atoms with van der Waals surface area (Å²) in [5.41, 5.74) is 2.27. The van der Waals surface area contributed by atoms with Crippen molar-refractivity contribution in [3.63, 3.8) is 0 Å². The second-order valence-corrected chi connectivity index (χ2v) is 5.92. The maximum absolute atomic E-state index is 12.1. The van der Waals surface area contributed by atoms with Gasteiger partial charge in [-0.05, 0) is 32.1 Å². The average Bonchev–Trinajstić information content (AvgIpc) is 3.12. The van der Waals surface area contributed by atoms with Gasteiger partial charge in [-0.25, -0.2) is 0 Å². The zero-order valence-electron chi connectivity index (χ0n) is 12.3. The average molecular weight is 293 g/mol. The maximum Gasteiger partial charge on any atom is 0.224 e. The van der Waals surface area contributed by atoms with E-state index in [-0.39, 0.29) is 24.7 Å². The highest BCUT2D eigenvalue weighted by atomic mass is 16.5. The van der Waals surface area contributed by atoms with Gasteiger partial charge in [0.15, 0.2) is 0 Å². The van der Waals surface area contributed by atoms with E-state index in [2.05, 4.69) is 10.4 Å². The molecule has 2 N–H and O–H groups in total. The Morgan fingerprint density at radius 2 is 2.29 bits per heavy atom. The van der Waals surface area contributed by atoms with Gasteiger partial charge in [-0.2, -0.15) is 5.10 Å². The molecule has 1 fully saturated rings. The SMILES string of the molecule is O=C(Cc1cnn2c1CCCC2)NC[C@H]1CC[C@@H](CO)O1. The topological polar surface area (TPSA) is 76.4 Å². The van der Waals surface area contributed by atoms with Gasteiger partial charge in [0.25, 0.3) is 0 Å². The van der Waals surface area contributed by atoms with E-state index in [9.17, 15) is 4.79 Å². The standard InChI is InChI=1S/C15H23N3O3/c19-10-13-5-4-12(21-13)9-16-15(20)7-11-8-17-18-6-2-1-3-14(11)18/h8,12-13,19H,1-7,9-10H2,(H,16,20)/t12-,13+/m1/s1. The molecule has 0 unspecified atom stereocenters. The molecule has 3 heterocycles. The van der Waals surface area contributed by atoms with Gasteiger partial charge < -0.3 is 15.2 Å². The minimum atomic E-state index is -0.0606. The molecule has 2 aliphatic rings. The number of aliphatic hydroxyl groups is 1. The fourth-order valence-corrected chi connectivity index (χ4v) is 3.16. The highest BCUT2D eigenvalue weighted by Gasteiger charge is 2.25. The van der Waals surface area contributed by atoms with Gasteiger partial charge in [0.1, 0.15) is 0 Å². The second kappa shape index (κ2) is 6.58. The molecule has 0 aromatic carbocycles. The molecule has 6 heteroatoms. The number of nitrogens with zero attached hydrogens (tertiary/aromatic N) is 2. The number of amides is 1. The van der Waals surface area contributed by atoms with Crippen molar-refractivity contribution in [2.75, 3.05) is 13.2 Å². The molecule has 0 saturated carbocycles. The molecule has 21 heavy (non-hydrogen) atoms. The first-order valence-electron chi connectivity index (χ1n) is 7.83. The minimum absolute atomic E-state index is 0.0208. The van der Waals surface area contributed by atoms with Crippen LogP contribution < -0.4 is 5.32 Å². The van der Waals surface area contributed by atoms with E-state index in [4.69, 9.17) is 9.84 Å². The monoisotopic (exact) mass is 293 g/mol. The summed E-state index contributed by atoms with van der Waals surface area (Å²) in [6.45, 7) is 1.56. The van der Waals surface area contributed by atoms with Crippen LogP contribution in [-0.2, 0) is 28.9 Å². The number of aryl methyl sites for hydroxylation is 1. The lowest BCUT2D eigenvalue weighted by Gasteiger charge is -2.15. The van der Waals surface area contributed by atoms with Crippen molar-refractivity contribution in [3.05, 3.63) is 17.5 Å². The van der Waals surface area contributed by atoms with Crippen LogP contribution in [0.1, 0.15) is 36.9 Å². The Hall–Kier alpha value is -1.40. The summed E-state index contributed by atoms with van der Waals surface area (Å²) in [4.78, 5) is 12.1. The summed E-state index contributed by atoms with van der Waals surface area (Å²) in [7, 11) is 0. The zero-order valence-corrected chi connectivity index (χ0v) is 12.3. The van der Waals surface area contributed by atoms with Gasteiger partial charge in [0.2, 0.25) is 5.91 Å². The van der Waals surface area contributed by atoms with Crippen molar-refractivity contribution in [3.8, 4) is 0 Å². The lowest BCUT2D eigenvalue weighted by atomic mass is 10.0. The predicted molar refractivity (Wildman–Crippen MR) is 76.9 cm³/mol. The highest BCUT2D eigenvalue weighted by Crippen LogP contribution is 2.19. The number of aliphatic hydroxyl groups excluding tert-OH is 1. The van der Waals surface area contributed by atoms with E-state index in [1.807, 2.05) is 10.9 Å². The van der Waals surface area contributed by atoms with Crippen LogP contribution in [0, 0.1) is 0 Å². The van der Waals surface area contributed by atoms with Crippen molar-refractivity contribution in [1.82, 2.24) is 15.1 Å². The Morgan fingerprint density at radius 3 is 3.10 bits per heavy atom. The van der Waals surface area contributed by atoms with Gasteiger partial charge in [-0.3, -0.25) is 9.48 Å². The Bertz CT molecular complexity index is 500. The predicted octanol–water partition coefficient (Wildman–Crippen LogP) is 0.418. The molecule has 1 aromatic heterocycles. The largest absolute Gasteiger partial charge is 0.394 e. The van der Waals surface area contributed by atoms with Gasteiger partial charge in [0, 0.05) is 24.3 Å². The van der Waals surface area contributed by atoms with Crippen LogP contribution in [0.15, 0.2) is 6.20 Å². The number of rotatable bonds is 5. The van der Waals surface area contributed by atoms with Gasteiger partial charge in [-0.15, -0.1) is 0 Å². The Morgan fingerprint density at radius 1 is 1.43 bits per heavy atom. The third-order valence-electron chi connectivity index (χ3n) is 4.35. The lowest BCUT2D eigenvalue weighted by Crippen LogP contribution is -2.33. The molecule has 2 atom stereocenters. The molecule has 0 aliphatic carbocycles. The third kappa shape index (κ3) is 3.44. The van der Waals surface area contributed by atoms with Crippen LogP contribution in [0.5, 0.6) is 0 Å². The van der Waals surface area contributed by atoms with Crippen LogP contribution in [0.25, 0.3) is 0 Å². The molecule has 1 saturated heterocycles. The summed E-state index contributed by atoms with van der Waals surface area (Å²) in [6.07, 6.45) is 7.33. The fourth-order valence-electron chi connectivity index (χ4n) is 3.16. The van der Waals surface area contributed by atoms with Gasteiger partial charge in [-0.1, -0.05) is 0 Å². The number of carbonyl (C=O) groups excluding carboxylic acids is 1. The number of nitrogens with one attached hydrogen (secondary N) is 1. The first-order valence-corrected chi connectivity index (χ1v) is 7.83. The van der Waals surface area contributed by atoms with E-state index in [1.165, 1.54) is 18.5 Å². The molecule has 6 nitrogen and oxygen atoms in total. The Labute approximate surface area is 124 Å². The second-order valence-electron chi connectivity index (χ2n) is 5.92. The molecule has 1 amide bonds. The number of hydrogen-bond donors (Lipinski definition) is 2. The summed E-state index contributed by atoms with van der Waals surface area (Å²) >= 11 is 0. The summed E-state index contributed by atoms with van der Waals surface area (Å²) in [6, 6.07) is 0. The van der Waals surface area contributed by atoms with Crippen LogP contribution in [0.3, 0.4) is 0 Å². The molecule has 0 spiro atoms. The first kappa shape index (κ1) is 14.5. The molecule has 116 valence electrons. The zero-order chi connectivity index (χ0) is 14.7. The molecule has 1 aromatic rings. The normalized spacial score (nSPS) is 24.8. The van der Waals surface area contributed by atoms with E-state index < -0.39 is 0 Å². The lowest BCUT2D eigenvalue weighted by molar-refractivity contribution is -0.121. The first-order chi connectivity index (χ1) is 10.3. The number of ether oxygens (including phenoxy) is 1. The number of hydrogen-bond acceptors (Lipinski definition) is 4. The van der Waals surface area contributed by atoms with E-state index in [1.54, 1.807) is 0 Å². The van der Waals surface area contributed by atoms with Crippen LogP contribution >= 0.6 is 0 Å². The minimum Gasteiger partial charge on any atom is -0.394 e. The Balaban J connectivity index is 1.47. The molecule has 0 radical (unpaired) electrons. The summed E-state index contributed by atoms with van der Waals surface area (Å²) in [5.74, 6) is 0.0208. The van der Waals surface area contributed by atoms with Crippen molar-refractivity contribution in [1.29, 1.82) is 0 Å². The van der Waals surface area contributed by atoms with Crippen molar-refractivity contribution in [2.24, 2.45) is 0 Å². The van der Waals surface area contributed by atoms with Crippen LogP contribution in [0.2, 0.25) is 0 Å². The van der Waals surface area contributed by atoms with Crippen LogP contribution in [-0.4, -0.2) is 46.2 Å². The Kier molecular flexibility index (Phi) is 4.55. The number of carbonyl (C=O) groups is 1. The van der Waals surface area contributed by atoms with E-state index in [0.29, 0.717) is 13.0 Å². The van der Waals surface area contributed by atoms with Crippen molar-refractivity contribution < 1.29 is 14.6 Å². The highest BCUT2D eigenvalue weighted by molar-refractivity contribution is 5.78. The molecular weight excluding hydrogens is 270 g/mol. The number of aromatic nitrogens is 2. The number of fused-ring (bicyclic) bond motifs is 1. The summed E-state index contributed by atoms with van der Waals surface area (Å²) < 4.78 is 7.63. The fraction of sp³-hybridized carbons (Fsp3) is 0.733. The summed E-state index contributed by atoms with van der Waals surface area (Å²) in [5, 5.41) is 16.3. The third-order valence-corrected chi connectivity index (χ3v) is 4.35. The quantitative estimate of drug-likeness (QED) is 0.825. The smallest absolute Gasteiger partial charge is 0.224 e. The van der Waals surface area contributed by atoms with E-state index in [0.717, 1.165) is 31.4 Å². The van der Waals surface area contributed by atoms with Gasteiger partial charge in [0.05, 0.1) is 31.4 Å². The molecular formula is C15H23N3O3.